The molecule has 80 valence electrons. The SMILES string of the molecule is CCC(C)(C#N)Cc1ccc(F)c(Br)c1. The van der Waals surface area contributed by atoms with Crippen LogP contribution in [0.5, 0.6) is 0 Å². The van der Waals surface area contributed by atoms with Gasteiger partial charge in [0.05, 0.1) is 16.0 Å². The molecule has 1 atom stereocenters. The van der Waals surface area contributed by atoms with Crippen molar-refractivity contribution in [1.82, 2.24) is 0 Å². The lowest BCUT2D eigenvalue weighted by Gasteiger charge is -2.19. The van der Waals surface area contributed by atoms with Crippen LogP contribution in [0.2, 0.25) is 0 Å². The second kappa shape index (κ2) is 4.76. The van der Waals surface area contributed by atoms with Crippen molar-refractivity contribution in [1.29, 1.82) is 5.26 Å². The highest BCUT2D eigenvalue weighted by molar-refractivity contribution is 9.10. The van der Waals surface area contributed by atoms with Crippen LogP contribution in [-0.4, -0.2) is 0 Å². The van der Waals surface area contributed by atoms with Crippen LogP contribution in [0, 0.1) is 22.6 Å². The third-order valence-electron chi connectivity index (χ3n) is 2.63. The summed E-state index contributed by atoms with van der Waals surface area (Å²) in [5, 5.41) is 9.03. The zero-order chi connectivity index (χ0) is 11.5. The Balaban J connectivity index is 2.91. The fraction of sp³-hybridized carbons (Fsp3) is 0.417. The van der Waals surface area contributed by atoms with Crippen molar-refractivity contribution in [2.24, 2.45) is 5.41 Å². The Bertz CT molecular complexity index is 397. The van der Waals surface area contributed by atoms with E-state index in [0.29, 0.717) is 10.9 Å². The summed E-state index contributed by atoms with van der Waals surface area (Å²) in [6.45, 7) is 3.91. The summed E-state index contributed by atoms with van der Waals surface area (Å²) in [7, 11) is 0. The summed E-state index contributed by atoms with van der Waals surface area (Å²) < 4.78 is 13.4. The minimum atomic E-state index is -0.364. The van der Waals surface area contributed by atoms with Crippen LogP contribution in [0.15, 0.2) is 22.7 Å². The van der Waals surface area contributed by atoms with Gasteiger partial charge in [-0.15, -0.1) is 0 Å². The van der Waals surface area contributed by atoms with E-state index in [1.165, 1.54) is 6.07 Å². The van der Waals surface area contributed by atoms with Crippen molar-refractivity contribution in [3.05, 3.63) is 34.1 Å². The van der Waals surface area contributed by atoms with Gasteiger partial charge in [-0.25, -0.2) is 4.39 Å². The summed E-state index contributed by atoms with van der Waals surface area (Å²) in [6, 6.07) is 7.19. The average Bonchev–Trinajstić information content (AvgIpc) is 2.23. The van der Waals surface area contributed by atoms with Gasteiger partial charge in [0, 0.05) is 0 Å². The van der Waals surface area contributed by atoms with Crippen LogP contribution in [-0.2, 0) is 6.42 Å². The monoisotopic (exact) mass is 269 g/mol. The highest BCUT2D eigenvalue weighted by Gasteiger charge is 2.22. The molecule has 0 saturated heterocycles. The lowest BCUT2D eigenvalue weighted by Crippen LogP contribution is -2.15. The van der Waals surface area contributed by atoms with Gasteiger partial charge in [-0.3, -0.25) is 0 Å². The number of nitriles is 1. The first-order valence-corrected chi connectivity index (χ1v) is 5.65. The molecule has 0 aliphatic heterocycles. The van der Waals surface area contributed by atoms with E-state index in [0.717, 1.165) is 12.0 Å². The number of halogens is 2. The number of nitrogens with zero attached hydrogens (tertiary/aromatic N) is 1. The predicted octanol–water partition coefficient (Wildman–Crippen LogP) is 4.07. The first-order valence-electron chi connectivity index (χ1n) is 4.86. The summed E-state index contributed by atoms with van der Waals surface area (Å²) >= 11 is 3.14. The number of hydrogen-bond acceptors (Lipinski definition) is 1. The molecule has 0 bridgehead atoms. The van der Waals surface area contributed by atoms with E-state index in [1.807, 2.05) is 13.8 Å². The molecule has 1 rings (SSSR count). The van der Waals surface area contributed by atoms with Crippen LogP contribution < -0.4 is 0 Å². The molecule has 0 fully saturated rings. The quantitative estimate of drug-likeness (QED) is 0.812. The molecule has 0 aliphatic rings. The number of benzene rings is 1. The Kier molecular flexibility index (Phi) is 3.87. The Morgan fingerprint density at radius 3 is 2.67 bits per heavy atom. The summed E-state index contributed by atoms with van der Waals surface area (Å²) in [6.07, 6.45) is 1.44. The Hall–Kier alpha value is -0.880. The molecule has 15 heavy (non-hydrogen) atoms. The molecule has 1 nitrogen and oxygen atoms in total. The van der Waals surface area contributed by atoms with Crippen LogP contribution in [0.25, 0.3) is 0 Å². The van der Waals surface area contributed by atoms with Crippen LogP contribution in [0.1, 0.15) is 25.8 Å². The van der Waals surface area contributed by atoms with E-state index < -0.39 is 0 Å². The van der Waals surface area contributed by atoms with E-state index in [1.54, 1.807) is 12.1 Å². The predicted molar refractivity (Wildman–Crippen MR) is 61.8 cm³/mol. The fourth-order valence-electron chi connectivity index (χ4n) is 1.34. The molecule has 0 aliphatic carbocycles. The molecule has 0 aromatic heterocycles. The van der Waals surface area contributed by atoms with Crippen LogP contribution in [0.3, 0.4) is 0 Å². The van der Waals surface area contributed by atoms with Crippen molar-refractivity contribution in [3.8, 4) is 6.07 Å². The van der Waals surface area contributed by atoms with Crippen LogP contribution in [0.4, 0.5) is 4.39 Å². The summed E-state index contributed by atoms with van der Waals surface area (Å²) in [5.74, 6) is -0.270. The summed E-state index contributed by atoms with van der Waals surface area (Å²) in [5.41, 5.74) is 0.617. The standard InChI is InChI=1S/C12H13BrFN/c1-3-12(2,8-15)7-9-4-5-11(14)10(13)6-9/h4-6H,3,7H2,1-2H3. The van der Waals surface area contributed by atoms with Gasteiger partial charge in [0.15, 0.2) is 0 Å². The molecular formula is C12H13BrFN. The molecule has 0 heterocycles. The topological polar surface area (TPSA) is 23.8 Å². The van der Waals surface area contributed by atoms with Crippen molar-refractivity contribution in [2.45, 2.75) is 26.7 Å². The number of hydrogen-bond donors (Lipinski definition) is 0. The lowest BCUT2D eigenvalue weighted by atomic mass is 9.83. The minimum Gasteiger partial charge on any atom is -0.206 e. The lowest BCUT2D eigenvalue weighted by molar-refractivity contribution is 0.422. The van der Waals surface area contributed by atoms with Gasteiger partial charge in [0.2, 0.25) is 0 Å². The molecule has 0 amide bonds. The largest absolute Gasteiger partial charge is 0.206 e. The second-order valence-corrected chi connectivity index (χ2v) is 4.81. The van der Waals surface area contributed by atoms with Gasteiger partial charge in [0.1, 0.15) is 5.82 Å². The molecule has 1 unspecified atom stereocenters. The third-order valence-corrected chi connectivity index (χ3v) is 3.24. The Labute approximate surface area is 98.0 Å². The average molecular weight is 270 g/mol. The Morgan fingerprint density at radius 1 is 1.53 bits per heavy atom. The van der Waals surface area contributed by atoms with Crippen molar-refractivity contribution >= 4 is 15.9 Å². The molecule has 0 spiro atoms. The maximum Gasteiger partial charge on any atom is 0.137 e. The van der Waals surface area contributed by atoms with E-state index in [9.17, 15) is 4.39 Å². The highest BCUT2D eigenvalue weighted by Crippen LogP contribution is 2.27. The van der Waals surface area contributed by atoms with E-state index in [4.69, 9.17) is 5.26 Å². The molecular weight excluding hydrogens is 257 g/mol. The molecule has 1 aromatic carbocycles. The third kappa shape index (κ3) is 3.04. The highest BCUT2D eigenvalue weighted by atomic mass is 79.9. The number of rotatable bonds is 3. The van der Waals surface area contributed by atoms with Gasteiger partial charge in [0.25, 0.3) is 0 Å². The second-order valence-electron chi connectivity index (χ2n) is 3.95. The minimum absolute atomic E-state index is 0.270. The smallest absolute Gasteiger partial charge is 0.137 e. The van der Waals surface area contributed by atoms with Gasteiger partial charge >= 0.3 is 0 Å². The van der Waals surface area contributed by atoms with Crippen molar-refractivity contribution < 1.29 is 4.39 Å². The van der Waals surface area contributed by atoms with Gasteiger partial charge in [-0.1, -0.05) is 13.0 Å². The summed E-state index contributed by atoms with van der Waals surface area (Å²) in [4.78, 5) is 0. The molecule has 0 N–H and O–H groups in total. The van der Waals surface area contributed by atoms with Gasteiger partial charge in [-0.2, -0.15) is 5.26 Å². The van der Waals surface area contributed by atoms with Crippen molar-refractivity contribution in [2.75, 3.05) is 0 Å². The zero-order valence-corrected chi connectivity index (χ0v) is 10.4. The first-order chi connectivity index (χ1) is 7.00. The molecule has 3 heteroatoms. The first kappa shape index (κ1) is 12.2. The van der Waals surface area contributed by atoms with E-state index in [-0.39, 0.29) is 11.2 Å². The van der Waals surface area contributed by atoms with Crippen LogP contribution >= 0.6 is 15.9 Å². The molecule has 0 radical (unpaired) electrons. The van der Waals surface area contributed by atoms with Gasteiger partial charge in [-0.05, 0) is 53.4 Å². The molecule has 1 aromatic rings. The van der Waals surface area contributed by atoms with Gasteiger partial charge < -0.3 is 0 Å². The maximum atomic E-state index is 13.0. The van der Waals surface area contributed by atoms with Crippen molar-refractivity contribution in [3.63, 3.8) is 0 Å². The normalized spacial score (nSPS) is 14.3. The zero-order valence-electron chi connectivity index (χ0n) is 8.85. The maximum absolute atomic E-state index is 13.0. The fourth-order valence-corrected chi connectivity index (χ4v) is 1.77. The molecule has 0 saturated carbocycles. The van der Waals surface area contributed by atoms with E-state index >= 15 is 0 Å². The Morgan fingerprint density at radius 2 is 2.20 bits per heavy atom. The van der Waals surface area contributed by atoms with E-state index in [2.05, 4.69) is 22.0 Å².